The Hall–Kier alpha value is -8.98. The van der Waals surface area contributed by atoms with Gasteiger partial charge in [-0.05, 0) is 338 Å². The maximum Gasteiger partial charge on any atom is 0.0893 e. The van der Waals surface area contributed by atoms with Crippen LogP contribution in [0.1, 0.15) is 39.2 Å². The molecule has 0 saturated heterocycles. The van der Waals surface area contributed by atoms with E-state index in [0.717, 1.165) is 23.9 Å². The van der Waals surface area contributed by atoms with E-state index in [0.29, 0.717) is 0 Å². The molecule has 73 heavy (non-hydrogen) atoms. The zero-order chi connectivity index (χ0) is 43.3. The third-order valence-corrected chi connectivity index (χ3v) is 26.5. The average Bonchev–Trinajstić information content (AvgIpc) is 4.34. The van der Waals surface area contributed by atoms with Gasteiger partial charge in [0.05, 0.1) is 22.4 Å². The highest BCUT2D eigenvalue weighted by atomic mass is 14.9. The first-order valence-electron chi connectivity index (χ1n) is 27.3. The van der Waals surface area contributed by atoms with Gasteiger partial charge in [-0.2, -0.15) is 0 Å². The van der Waals surface area contributed by atoms with Crippen LogP contribution >= 0.6 is 0 Å². The maximum absolute atomic E-state index is 5.92. The minimum absolute atomic E-state index is 0.321. The van der Waals surface area contributed by atoms with Crippen LogP contribution in [0.2, 0.25) is 0 Å². The first-order valence-corrected chi connectivity index (χ1v) is 27.3. The summed E-state index contributed by atoms with van der Waals surface area (Å²) < 4.78 is 0. The van der Waals surface area contributed by atoms with Crippen molar-refractivity contribution in [2.45, 2.75) is 30.6 Å². The van der Waals surface area contributed by atoms with E-state index in [4.69, 9.17) is 9.97 Å². The van der Waals surface area contributed by atoms with Crippen LogP contribution in [-0.2, 0) is 23.7 Å². The third-order valence-electron chi connectivity index (χ3n) is 26.5. The van der Waals surface area contributed by atoms with Crippen LogP contribution in [0.25, 0.3) is 302 Å². The molecule has 0 bridgehead atoms. The van der Waals surface area contributed by atoms with Crippen molar-refractivity contribution in [1.29, 1.82) is 0 Å². The molecule has 35 rings (SSSR count). The number of hydrogen-bond acceptors (Lipinski definition) is 2. The molecule has 1 heterocycles. The fourth-order valence-corrected chi connectivity index (χ4v) is 26.2. The van der Waals surface area contributed by atoms with Gasteiger partial charge in [0.2, 0.25) is 0 Å². The van der Waals surface area contributed by atoms with Crippen molar-refractivity contribution in [3.63, 3.8) is 0 Å². The number of fused-ring (bicyclic) bond motifs is 2. The molecule has 30 aromatic rings. The Labute approximate surface area is 397 Å². The van der Waals surface area contributed by atoms with E-state index in [1.165, 1.54) is 17.0 Å². The molecule has 29 aromatic carbocycles. The third kappa shape index (κ3) is 1.47. The van der Waals surface area contributed by atoms with Crippen molar-refractivity contribution in [2.75, 3.05) is 0 Å². The largest absolute Gasteiger partial charge is 0.249 e. The molecule has 2 heteroatoms. The Bertz CT molecular complexity index is 7600. The summed E-state index contributed by atoms with van der Waals surface area (Å²) in [6, 6.07) is 6.85. The van der Waals surface area contributed by atoms with E-state index in [9.17, 15) is 0 Å². The molecule has 5 aliphatic rings. The number of aryl methyl sites for hydroxylation is 1. The standard InChI is InChI=1S/C71H10N2/c1-7-2-3-8-9(4-7)73-11-6-71-68-60-52-42-32-24-16-13-12-14-18-20(16)28-34-26(18)36-30-22(14)23-15(12)19-21-17(13)25(24)33-39-29(21)35-27(19)37-31(23)41-40(30)50-44(36)54-48(34)56(46(52)38(28)32)64(68)62(54)66-58(50)59-51(41)45(37)55-49(35)57-47(39)53(43(33)42)61(60)69(71)65(57)63(55)67(59)70(66,71)5-10(11)72-8/h2-4H,5-6H2,1H3. The maximum atomic E-state index is 5.92. The van der Waals surface area contributed by atoms with Crippen LogP contribution in [0, 0.1) is 6.92 Å². The summed E-state index contributed by atoms with van der Waals surface area (Å²) >= 11 is 0. The number of rotatable bonds is 0. The minimum atomic E-state index is -0.322. The van der Waals surface area contributed by atoms with Crippen LogP contribution in [0.4, 0.5) is 0 Å². The van der Waals surface area contributed by atoms with E-state index in [2.05, 4.69) is 25.1 Å². The van der Waals surface area contributed by atoms with Crippen molar-refractivity contribution >= 4 is 302 Å². The average molecular weight is 891 g/mol. The van der Waals surface area contributed by atoms with Gasteiger partial charge in [0.1, 0.15) is 0 Å². The topological polar surface area (TPSA) is 25.8 Å². The minimum Gasteiger partial charge on any atom is -0.249 e. The van der Waals surface area contributed by atoms with Crippen LogP contribution in [0.5, 0.6) is 0 Å². The summed E-state index contributed by atoms with van der Waals surface area (Å²) in [5, 5.41) is 89.6. The molecule has 304 valence electrons. The van der Waals surface area contributed by atoms with E-state index in [1.54, 1.807) is 313 Å². The zero-order valence-electron chi connectivity index (χ0n) is 37.5. The van der Waals surface area contributed by atoms with Gasteiger partial charge in [-0.1, -0.05) is 6.07 Å². The highest BCUT2D eigenvalue weighted by Gasteiger charge is 2.71. The molecular weight excluding hydrogens is 881 g/mol. The van der Waals surface area contributed by atoms with Crippen molar-refractivity contribution in [2.24, 2.45) is 0 Å². The van der Waals surface area contributed by atoms with E-state index < -0.39 is 0 Å². The highest BCUT2D eigenvalue weighted by Crippen LogP contribution is 2.85. The molecule has 0 radical (unpaired) electrons. The molecule has 2 nitrogen and oxygen atoms in total. The van der Waals surface area contributed by atoms with Gasteiger partial charge in [-0.15, -0.1) is 0 Å². The smallest absolute Gasteiger partial charge is 0.0893 e. The lowest BCUT2D eigenvalue weighted by molar-refractivity contribution is 0.290. The molecule has 0 N–H and O–H groups in total. The molecule has 0 saturated carbocycles. The van der Waals surface area contributed by atoms with Crippen molar-refractivity contribution in [3.05, 3.63) is 57.4 Å². The van der Waals surface area contributed by atoms with Gasteiger partial charge in [0.25, 0.3) is 0 Å². The molecule has 5 aliphatic carbocycles. The van der Waals surface area contributed by atoms with Crippen LogP contribution < -0.4 is 0 Å². The second kappa shape index (κ2) is 6.12. The summed E-state index contributed by atoms with van der Waals surface area (Å²) in [5.41, 5.74) is 12.2. The lowest BCUT2D eigenvalue weighted by Crippen LogP contribution is -2.57. The Kier molecular flexibility index (Phi) is 2.26. The highest BCUT2D eigenvalue weighted by molar-refractivity contribution is 6.82. The van der Waals surface area contributed by atoms with Crippen molar-refractivity contribution < 1.29 is 0 Å². The molecule has 1 aromatic heterocycles. The Morgan fingerprint density at radius 1 is 0.233 bits per heavy atom. The van der Waals surface area contributed by atoms with Crippen LogP contribution in [-0.4, -0.2) is 9.97 Å². The van der Waals surface area contributed by atoms with Gasteiger partial charge in [-0.3, -0.25) is 0 Å². The number of hydrogen-bond donors (Lipinski definition) is 0. The molecular formula is C71H10N2. The normalized spacial score (nSPS) is 22.0. The number of benzene rings is 19. The molecule has 0 aliphatic heterocycles. The van der Waals surface area contributed by atoms with Gasteiger partial charge < -0.3 is 0 Å². The van der Waals surface area contributed by atoms with Gasteiger partial charge in [-0.25, -0.2) is 9.97 Å². The first-order chi connectivity index (χ1) is 36.3. The predicted molar refractivity (Wildman–Crippen MR) is 306 cm³/mol. The fourth-order valence-electron chi connectivity index (χ4n) is 26.2. The molecule has 0 atom stereocenters. The lowest BCUT2D eigenvalue weighted by Gasteiger charge is -2.56. The van der Waals surface area contributed by atoms with Crippen molar-refractivity contribution in [1.82, 2.24) is 9.97 Å². The summed E-state index contributed by atoms with van der Waals surface area (Å²) in [6.07, 6.45) is 1.82. The molecule has 0 unspecified atom stereocenters. The second-order valence-corrected chi connectivity index (χ2v) is 27.0. The van der Waals surface area contributed by atoms with Gasteiger partial charge in [0, 0.05) is 23.7 Å². The number of aromatic nitrogens is 2. The van der Waals surface area contributed by atoms with E-state index in [-0.39, 0.29) is 10.8 Å². The Balaban J connectivity index is 1.12. The van der Waals surface area contributed by atoms with Crippen molar-refractivity contribution in [3.8, 4) is 0 Å². The van der Waals surface area contributed by atoms with Crippen LogP contribution in [0.3, 0.4) is 0 Å². The summed E-state index contributed by atoms with van der Waals surface area (Å²) in [6.45, 7) is 2.23. The summed E-state index contributed by atoms with van der Waals surface area (Å²) in [7, 11) is 0. The first kappa shape index (κ1) is 27.0. The van der Waals surface area contributed by atoms with Crippen LogP contribution in [0.15, 0.2) is 18.2 Å². The second-order valence-electron chi connectivity index (χ2n) is 27.0. The Morgan fingerprint density at radius 2 is 0.411 bits per heavy atom. The monoisotopic (exact) mass is 890 g/mol. The fraction of sp³-hybridized carbons (Fsp3) is 0.0704. The molecule has 0 fully saturated rings. The lowest BCUT2D eigenvalue weighted by atomic mass is 9.44. The zero-order valence-corrected chi connectivity index (χ0v) is 37.5. The molecule has 0 amide bonds. The summed E-state index contributed by atoms with van der Waals surface area (Å²) in [4.78, 5) is 11.8. The van der Waals surface area contributed by atoms with Gasteiger partial charge >= 0.3 is 0 Å². The Morgan fingerprint density at radius 3 is 0.616 bits per heavy atom. The van der Waals surface area contributed by atoms with Gasteiger partial charge in [0.15, 0.2) is 0 Å². The SMILES string of the molecule is Cc1ccc2nc3c(nc2c1)CC12c4c5c6c7c8c9c(c%10c%11c1c1c4c4c%12c5c5c6c6c8c8c%13c9c9c%10c%10c%11c%11c1c1c4c4c%12c%12c5c5c6c8c6c8c%13c9c9c%10c%10c%11c1c1c4c4c%12c5c6c5c8c9c%10c1c45)C72C3. The van der Waals surface area contributed by atoms with E-state index >= 15 is 0 Å². The predicted octanol–water partition coefficient (Wildman–Crippen LogP) is 18.3. The quantitative estimate of drug-likeness (QED) is 0.142. The molecule has 2 spiro atoms. The number of nitrogens with zero attached hydrogens (tertiary/aromatic N) is 2. The summed E-state index contributed by atoms with van der Waals surface area (Å²) in [5.74, 6) is 0. The van der Waals surface area contributed by atoms with E-state index in [1.807, 2.05) is 0 Å².